The molecule has 3 heterocycles. The van der Waals surface area contributed by atoms with Gasteiger partial charge in [-0.25, -0.2) is 0 Å². The first-order valence-corrected chi connectivity index (χ1v) is 7.91. The normalized spacial score (nSPS) is 30.4. The standard InChI is InChI=1S/C16H27N4O/c1-20-8-6-19(7-9-20)5-4-18-16-12-14(2-3-15(16)17)13-21-11-10-20/h2-3,12,18H,4-11,13,17H2,1H3/q+1. The Labute approximate surface area is 127 Å². The van der Waals surface area contributed by atoms with Gasteiger partial charge in [0.2, 0.25) is 0 Å². The van der Waals surface area contributed by atoms with Crippen molar-refractivity contribution in [3.8, 4) is 0 Å². The molecule has 5 heteroatoms. The molecule has 0 atom stereocenters. The molecule has 1 saturated heterocycles. The van der Waals surface area contributed by atoms with Crippen molar-refractivity contribution in [2.24, 2.45) is 0 Å². The van der Waals surface area contributed by atoms with Crippen molar-refractivity contribution in [1.82, 2.24) is 4.90 Å². The molecule has 3 N–H and O–H groups in total. The number of ether oxygens (including phenoxy) is 1. The van der Waals surface area contributed by atoms with E-state index in [0.717, 1.165) is 42.1 Å². The van der Waals surface area contributed by atoms with Gasteiger partial charge in [0.25, 0.3) is 0 Å². The van der Waals surface area contributed by atoms with E-state index in [2.05, 4.69) is 29.4 Å². The number of rotatable bonds is 0. The predicted molar refractivity (Wildman–Crippen MR) is 86.2 cm³/mol. The van der Waals surface area contributed by atoms with Crippen molar-refractivity contribution in [2.45, 2.75) is 6.61 Å². The second kappa shape index (κ2) is 6.22. The summed E-state index contributed by atoms with van der Waals surface area (Å²) >= 11 is 0. The Kier molecular flexibility index (Phi) is 4.33. The first-order chi connectivity index (χ1) is 10.1. The molecule has 0 saturated carbocycles. The van der Waals surface area contributed by atoms with Gasteiger partial charge in [0, 0.05) is 26.2 Å². The average Bonchev–Trinajstić information content (AvgIpc) is 2.48. The van der Waals surface area contributed by atoms with Gasteiger partial charge in [0.05, 0.1) is 44.7 Å². The monoisotopic (exact) mass is 291 g/mol. The van der Waals surface area contributed by atoms with Crippen LogP contribution in [-0.2, 0) is 11.3 Å². The van der Waals surface area contributed by atoms with E-state index in [1.807, 2.05) is 6.07 Å². The van der Waals surface area contributed by atoms with E-state index in [0.29, 0.717) is 6.61 Å². The number of piperazine rings is 1. The summed E-state index contributed by atoms with van der Waals surface area (Å²) in [7, 11) is 2.35. The van der Waals surface area contributed by atoms with Crippen LogP contribution in [0.4, 0.5) is 11.4 Å². The predicted octanol–water partition coefficient (Wildman–Crippen LogP) is 0.973. The summed E-state index contributed by atoms with van der Waals surface area (Å²) in [5.74, 6) is 0. The number of hydrogen-bond acceptors (Lipinski definition) is 4. The van der Waals surface area contributed by atoms with Crippen LogP contribution in [-0.4, -0.2) is 68.9 Å². The van der Waals surface area contributed by atoms with Crippen molar-refractivity contribution in [2.75, 3.05) is 70.5 Å². The van der Waals surface area contributed by atoms with E-state index in [9.17, 15) is 0 Å². The highest BCUT2D eigenvalue weighted by Gasteiger charge is 2.28. The van der Waals surface area contributed by atoms with E-state index in [-0.39, 0.29) is 0 Å². The Morgan fingerprint density at radius 2 is 2.00 bits per heavy atom. The molecule has 0 radical (unpaired) electrons. The molecule has 0 aliphatic carbocycles. The molecule has 3 aliphatic rings. The number of nitrogens with zero attached hydrogens (tertiary/aromatic N) is 2. The summed E-state index contributed by atoms with van der Waals surface area (Å²) in [4.78, 5) is 2.54. The Morgan fingerprint density at radius 3 is 2.81 bits per heavy atom. The largest absolute Gasteiger partial charge is 0.397 e. The smallest absolute Gasteiger partial charge is 0.102 e. The van der Waals surface area contributed by atoms with Crippen molar-refractivity contribution < 1.29 is 9.22 Å². The molecule has 21 heavy (non-hydrogen) atoms. The lowest BCUT2D eigenvalue weighted by atomic mass is 10.1. The molecule has 0 spiro atoms. The number of anilines is 2. The molecule has 116 valence electrons. The highest BCUT2D eigenvalue weighted by molar-refractivity contribution is 5.67. The third kappa shape index (κ3) is 3.67. The molecular weight excluding hydrogens is 264 g/mol. The minimum absolute atomic E-state index is 0.668. The van der Waals surface area contributed by atoms with E-state index in [4.69, 9.17) is 10.5 Å². The second-order valence-corrected chi connectivity index (χ2v) is 6.53. The molecule has 0 unspecified atom stereocenters. The first-order valence-electron chi connectivity index (χ1n) is 7.91. The van der Waals surface area contributed by atoms with Crippen LogP contribution in [0.15, 0.2) is 18.2 Å². The Bertz CT molecular complexity index is 483. The van der Waals surface area contributed by atoms with Crippen molar-refractivity contribution in [1.29, 1.82) is 0 Å². The topological polar surface area (TPSA) is 50.5 Å². The lowest BCUT2D eigenvalue weighted by Crippen LogP contribution is -2.58. The van der Waals surface area contributed by atoms with Crippen LogP contribution >= 0.6 is 0 Å². The van der Waals surface area contributed by atoms with Gasteiger partial charge in [-0.15, -0.1) is 0 Å². The third-order valence-electron chi connectivity index (χ3n) is 4.82. The van der Waals surface area contributed by atoms with E-state index < -0.39 is 0 Å². The molecule has 3 aliphatic heterocycles. The average molecular weight is 291 g/mol. The number of hydrogen-bond donors (Lipinski definition) is 2. The summed E-state index contributed by atoms with van der Waals surface area (Å²) < 4.78 is 7.01. The summed E-state index contributed by atoms with van der Waals surface area (Å²) in [6.07, 6.45) is 0. The summed E-state index contributed by atoms with van der Waals surface area (Å²) in [5, 5.41) is 3.47. The molecule has 1 aromatic rings. The Hall–Kier alpha value is -1.30. The molecule has 0 amide bonds. The number of nitrogens with two attached hydrogens (primary N) is 1. The number of quaternary nitrogens is 1. The fourth-order valence-corrected chi connectivity index (χ4v) is 3.11. The van der Waals surface area contributed by atoms with Gasteiger partial charge in [-0.1, -0.05) is 6.07 Å². The molecule has 1 aromatic carbocycles. The summed E-state index contributed by atoms with van der Waals surface area (Å²) in [6.45, 7) is 9.41. The van der Waals surface area contributed by atoms with Gasteiger partial charge in [0.1, 0.15) is 6.54 Å². The number of benzene rings is 1. The molecule has 4 bridgehead atoms. The van der Waals surface area contributed by atoms with Crippen LogP contribution in [0.1, 0.15) is 5.56 Å². The zero-order valence-electron chi connectivity index (χ0n) is 13.0. The highest BCUT2D eigenvalue weighted by atomic mass is 16.5. The summed E-state index contributed by atoms with van der Waals surface area (Å²) in [6, 6.07) is 6.14. The van der Waals surface area contributed by atoms with E-state index in [1.165, 1.54) is 31.7 Å². The van der Waals surface area contributed by atoms with Crippen LogP contribution in [0.3, 0.4) is 0 Å². The van der Waals surface area contributed by atoms with E-state index >= 15 is 0 Å². The zero-order chi connectivity index (χ0) is 14.7. The molecule has 1 fully saturated rings. The maximum Gasteiger partial charge on any atom is 0.102 e. The second-order valence-electron chi connectivity index (χ2n) is 6.53. The van der Waals surface area contributed by atoms with Crippen LogP contribution in [0.2, 0.25) is 0 Å². The van der Waals surface area contributed by atoms with Gasteiger partial charge >= 0.3 is 0 Å². The van der Waals surface area contributed by atoms with E-state index in [1.54, 1.807) is 0 Å². The van der Waals surface area contributed by atoms with Gasteiger partial charge in [-0.05, 0) is 17.7 Å². The maximum absolute atomic E-state index is 6.04. The molecule has 0 aromatic heterocycles. The van der Waals surface area contributed by atoms with Gasteiger partial charge in [-0.3, -0.25) is 4.90 Å². The van der Waals surface area contributed by atoms with Crippen LogP contribution in [0.25, 0.3) is 0 Å². The summed E-state index contributed by atoms with van der Waals surface area (Å²) in [5.41, 5.74) is 9.08. The van der Waals surface area contributed by atoms with Crippen LogP contribution in [0.5, 0.6) is 0 Å². The van der Waals surface area contributed by atoms with Crippen LogP contribution in [0, 0.1) is 0 Å². The third-order valence-corrected chi connectivity index (χ3v) is 4.82. The molecule has 5 nitrogen and oxygen atoms in total. The SMILES string of the molecule is C[N+]12CCOCc3ccc(N)c(c3)NCCN(CC1)CC2. The minimum Gasteiger partial charge on any atom is -0.397 e. The van der Waals surface area contributed by atoms with Crippen molar-refractivity contribution >= 4 is 11.4 Å². The highest BCUT2D eigenvalue weighted by Crippen LogP contribution is 2.21. The van der Waals surface area contributed by atoms with Crippen molar-refractivity contribution in [3.05, 3.63) is 23.8 Å². The fourth-order valence-electron chi connectivity index (χ4n) is 3.11. The molecule has 4 rings (SSSR count). The quantitative estimate of drug-likeness (QED) is 0.552. The van der Waals surface area contributed by atoms with Gasteiger partial charge in [-0.2, -0.15) is 0 Å². The lowest BCUT2D eigenvalue weighted by molar-refractivity contribution is -0.914. The Morgan fingerprint density at radius 1 is 1.19 bits per heavy atom. The fraction of sp³-hybridized carbons (Fsp3) is 0.625. The molecular formula is C16H27N4O+. The number of nitrogen functional groups attached to an aromatic ring is 1. The first kappa shape index (κ1) is 14.6. The van der Waals surface area contributed by atoms with Gasteiger partial charge < -0.3 is 20.3 Å². The van der Waals surface area contributed by atoms with Crippen LogP contribution < -0.4 is 11.1 Å². The maximum atomic E-state index is 6.04. The Balaban J connectivity index is 1.73. The minimum atomic E-state index is 0.668. The zero-order valence-corrected chi connectivity index (χ0v) is 13.0. The number of nitrogens with one attached hydrogen (secondary N) is 1. The number of fused-ring (bicyclic) bond motifs is 7. The van der Waals surface area contributed by atoms with Crippen molar-refractivity contribution in [3.63, 3.8) is 0 Å². The lowest BCUT2D eigenvalue weighted by Gasteiger charge is -2.42. The number of likely N-dealkylation sites (N-methyl/N-ethyl adjacent to an activating group) is 1. The van der Waals surface area contributed by atoms with Gasteiger partial charge in [0.15, 0.2) is 0 Å².